The number of carbonyl (C=O) groups is 9. The van der Waals surface area contributed by atoms with Crippen molar-refractivity contribution in [3.05, 3.63) is 29.3 Å². The van der Waals surface area contributed by atoms with Crippen molar-refractivity contribution in [3.63, 3.8) is 0 Å². The van der Waals surface area contributed by atoms with Crippen LogP contribution in [-0.4, -0.2) is 380 Å². The number of aliphatic hydroxyl groups excluding tert-OH is 14. The molecule has 7 rings (SSSR count). The van der Waals surface area contributed by atoms with Crippen molar-refractivity contribution in [1.82, 2.24) is 26.6 Å². The molecule has 120 heavy (non-hydrogen) atoms. The molecule has 4 heterocycles. The smallest absolute Gasteiger partial charge is 0.309 e. The van der Waals surface area contributed by atoms with Gasteiger partial charge in [0.1, 0.15) is 110 Å². The van der Waals surface area contributed by atoms with Gasteiger partial charge in [0, 0.05) is 56.6 Å². The highest BCUT2D eigenvalue weighted by molar-refractivity contribution is 6.00. The van der Waals surface area contributed by atoms with Gasteiger partial charge in [0.15, 0.2) is 25.2 Å². The van der Waals surface area contributed by atoms with Gasteiger partial charge >= 0.3 is 23.9 Å². The summed E-state index contributed by atoms with van der Waals surface area (Å²) in [5, 5.41) is 162. The molecule has 43 heteroatoms. The predicted octanol–water partition coefficient (Wildman–Crippen LogP) is -6.50. The molecule has 43 nitrogen and oxygen atoms in total. The minimum atomic E-state index is -1.86. The lowest BCUT2D eigenvalue weighted by Gasteiger charge is -2.45. The second-order valence-electron chi connectivity index (χ2n) is 30.3. The molecule has 4 aliphatic heterocycles. The van der Waals surface area contributed by atoms with Gasteiger partial charge < -0.3 is 169 Å². The van der Waals surface area contributed by atoms with Crippen LogP contribution in [0.1, 0.15) is 137 Å². The van der Waals surface area contributed by atoms with E-state index in [0.29, 0.717) is 44.9 Å². The average Bonchev–Trinajstić information content (AvgIpc) is 0.784. The fourth-order valence-corrected chi connectivity index (χ4v) is 14.9. The molecule has 6 fully saturated rings. The van der Waals surface area contributed by atoms with Crippen LogP contribution < -0.4 is 31.3 Å². The van der Waals surface area contributed by atoms with E-state index in [2.05, 4.69) is 33.5 Å². The van der Waals surface area contributed by atoms with Gasteiger partial charge in [-0.05, 0) is 76.0 Å². The molecule has 2 aliphatic carbocycles. The highest BCUT2D eigenvalue weighted by Gasteiger charge is 2.55. The Labute approximate surface area is 692 Å². The first-order valence-electron chi connectivity index (χ1n) is 40.7. The molecule has 1 aromatic carbocycles. The van der Waals surface area contributed by atoms with E-state index in [-0.39, 0.29) is 126 Å². The molecule has 0 spiro atoms. The van der Waals surface area contributed by atoms with E-state index in [0.717, 1.165) is 54.1 Å². The minimum Gasteiger partial charge on any atom is -0.492 e. The molecule has 5 amide bonds. The Bertz CT molecular complexity index is 3160. The van der Waals surface area contributed by atoms with Gasteiger partial charge in [-0.3, -0.25) is 43.2 Å². The number of ether oxygens (including phenoxy) is 15. The van der Waals surface area contributed by atoms with Crippen molar-refractivity contribution in [2.45, 2.75) is 263 Å². The van der Waals surface area contributed by atoms with Crippen molar-refractivity contribution in [2.75, 3.05) is 107 Å². The first-order valence-corrected chi connectivity index (χ1v) is 40.7. The number of methoxy groups -OCH3 is 4. The highest BCUT2D eigenvalue weighted by Crippen LogP contribution is 2.41. The molecule has 1 aromatic rings. The second-order valence-corrected chi connectivity index (χ2v) is 30.3. The summed E-state index contributed by atoms with van der Waals surface area (Å²) in [5.41, 5.74) is 0.191. The van der Waals surface area contributed by atoms with E-state index in [1.54, 1.807) is 0 Å². The Hall–Kier alpha value is -6.71. The molecule has 4 saturated heterocycles. The quantitative estimate of drug-likeness (QED) is 0.0164. The summed E-state index contributed by atoms with van der Waals surface area (Å²) in [4.78, 5) is 117. The Morgan fingerprint density at radius 2 is 0.667 bits per heavy atom. The molecule has 28 atom stereocenters. The Kier molecular flexibility index (Phi) is 42.6. The van der Waals surface area contributed by atoms with Crippen LogP contribution in [0.5, 0.6) is 5.75 Å². The van der Waals surface area contributed by atoms with E-state index in [9.17, 15) is 115 Å². The van der Waals surface area contributed by atoms with E-state index in [4.69, 9.17) is 71.1 Å². The zero-order valence-corrected chi connectivity index (χ0v) is 68.0. The van der Waals surface area contributed by atoms with Crippen LogP contribution in [0.25, 0.3) is 0 Å². The van der Waals surface area contributed by atoms with E-state index in [1.807, 2.05) is 0 Å². The maximum atomic E-state index is 13.6. The number of hydrogen-bond donors (Lipinski definition) is 19. The molecular formula is C77H123N5O38. The molecule has 12 unspecified atom stereocenters. The standard InChI is InChI=1S/C77H123N5O38/c1-6-7-8-11-16-53(85)78-21-24-110-40-28-38(68(100)81-19-14-9-12-17-54(86)79-22-25-111-74-64(96)62(94)58(90)51(119-74)36-113-45-30-41(70(102)106-2)43(72(104)108-4)32-47(45)115-76-66(98)60(92)56(88)49(34-83)117-76)27-39(29-40)69(101)82-20-15-10-13-18-55(87)80-23-26-112-75-65(97)63(95)59(91)52(120-75)37-114-46-31-42(71(103)107-3)44(73(105)109-5)33-48(46)116-77-67(99)61(93)57(89)50(35-84)118-77/h27-29,41-52,56-67,74-77,83-84,88-99H,6-26,30-37H2,1-5H3,(H,78,85)(H,79,86)(H,80,87)(H,81,100)(H,82,101)/t41?,42?,43-,44-,45-,46-,47?,48?,49?,50?,51?,52?,56+,57+,58+,59+,60-,61-,62-,63-,64?,65?,66?,67?,74-,75+,76+,77-/m0/s1. The Morgan fingerprint density at radius 3 is 1.01 bits per heavy atom. The molecule has 2 saturated carbocycles. The zero-order valence-electron chi connectivity index (χ0n) is 68.0. The molecule has 0 aromatic heterocycles. The monoisotopic (exact) mass is 1730 g/mol. The van der Waals surface area contributed by atoms with Crippen LogP contribution in [0.4, 0.5) is 0 Å². The summed E-state index contributed by atoms with van der Waals surface area (Å²) in [6, 6.07) is 4.31. The number of aliphatic hydroxyl groups is 14. The Balaban J connectivity index is 0.819. The zero-order chi connectivity index (χ0) is 87.9. The van der Waals surface area contributed by atoms with Crippen molar-refractivity contribution >= 4 is 53.4 Å². The molecule has 0 bridgehead atoms. The van der Waals surface area contributed by atoms with Crippen LogP contribution in [0, 0.1) is 23.7 Å². The SMILES string of the molecule is CCCCCCC(=O)NCCOc1cc(C(=O)NCCCCCC(=O)NCCO[C@@H]2OC(CO[C@H]3CC(C(=O)OC)[C@@H](C(=O)OC)CC3O[C@H]3OC(CO)[C@@H](O)[C@H](O)C3O)[C@@H](O)[C@H](O)C2O)cc(C(=O)NCCCCCC(=O)NCCO[C@H]2OC(CO[C@H]3CC(C(=O)OC)[C@@H](C(=O)OC)CC3O[C@@H]3OC(CO)[C@@H](O)[C@H](O)C3O)[C@@H](O)[C@H](O)C2O)c1. The van der Waals surface area contributed by atoms with Crippen LogP contribution in [0.2, 0.25) is 0 Å². The summed E-state index contributed by atoms with van der Waals surface area (Å²) in [6.45, 7) is -0.730. The van der Waals surface area contributed by atoms with Crippen LogP contribution in [0.3, 0.4) is 0 Å². The summed E-state index contributed by atoms with van der Waals surface area (Å²) < 4.78 is 84.0. The maximum absolute atomic E-state index is 13.6. The first kappa shape index (κ1) is 100. The van der Waals surface area contributed by atoms with E-state index in [1.165, 1.54) is 18.2 Å². The summed E-state index contributed by atoms with van der Waals surface area (Å²) in [6.07, 6.45) is -32.8. The number of hydrogen-bond acceptors (Lipinski definition) is 38. The number of amides is 5. The average molecular weight is 1730 g/mol. The lowest BCUT2D eigenvalue weighted by atomic mass is 9.76. The molecule has 0 radical (unpaired) electrons. The third-order valence-electron chi connectivity index (χ3n) is 21.9. The van der Waals surface area contributed by atoms with Gasteiger partial charge in [-0.1, -0.05) is 39.0 Å². The van der Waals surface area contributed by atoms with E-state index >= 15 is 0 Å². The first-order chi connectivity index (χ1) is 57.4. The van der Waals surface area contributed by atoms with Gasteiger partial charge in [-0.2, -0.15) is 0 Å². The predicted molar refractivity (Wildman–Crippen MR) is 404 cm³/mol. The van der Waals surface area contributed by atoms with Crippen molar-refractivity contribution in [3.8, 4) is 5.75 Å². The van der Waals surface area contributed by atoms with Crippen LogP contribution >= 0.6 is 0 Å². The fraction of sp³-hybridized carbons (Fsp3) is 0.805. The van der Waals surface area contributed by atoms with Crippen molar-refractivity contribution in [1.29, 1.82) is 0 Å². The number of rotatable bonds is 47. The van der Waals surface area contributed by atoms with E-state index < -0.39 is 233 Å². The number of benzene rings is 1. The lowest BCUT2D eigenvalue weighted by molar-refractivity contribution is -0.326. The summed E-state index contributed by atoms with van der Waals surface area (Å²) >= 11 is 0. The summed E-state index contributed by atoms with van der Waals surface area (Å²) in [5.74, 6) is -9.67. The van der Waals surface area contributed by atoms with Gasteiger partial charge in [-0.15, -0.1) is 0 Å². The number of nitrogens with one attached hydrogen (secondary N) is 5. The van der Waals surface area contributed by atoms with Gasteiger partial charge in [0.05, 0.1) is 123 Å². The largest absolute Gasteiger partial charge is 0.492 e. The van der Waals surface area contributed by atoms with Crippen LogP contribution in [0.15, 0.2) is 18.2 Å². The van der Waals surface area contributed by atoms with Gasteiger partial charge in [0.2, 0.25) is 17.7 Å². The molecular weight excluding hydrogens is 1600 g/mol. The molecule has 19 N–H and O–H groups in total. The third-order valence-corrected chi connectivity index (χ3v) is 21.9. The summed E-state index contributed by atoms with van der Waals surface area (Å²) in [7, 11) is 4.41. The number of unbranched alkanes of at least 4 members (excludes halogenated alkanes) is 7. The van der Waals surface area contributed by atoms with Gasteiger partial charge in [-0.25, -0.2) is 0 Å². The lowest BCUT2D eigenvalue weighted by Crippen LogP contribution is -2.61. The van der Waals surface area contributed by atoms with Crippen LogP contribution in [-0.2, 0) is 99.9 Å². The third kappa shape index (κ3) is 28.9. The highest BCUT2D eigenvalue weighted by atomic mass is 16.7. The minimum absolute atomic E-state index is 0.0193. The second kappa shape index (κ2) is 50.9. The topological polar surface area (TPSA) is 635 Å². The maximum Gasteiger partial charge on any atom is 0.309 e. The van der Waals surface area contributed by atoms with Gasteiger partial charge in [0.25, 0.3) is 11.8 Å². The normalized spacial score (nSPS) is 33.2. The van der Waals surface area contributed by atoms with Crippen molar-refractivity contribution in [2.24, 2.45) is 23.7 Å². The Morgan fingerprint density at radius 1 is 0.350 bits per heavy atom. The number of carbonyl (C=O) groups excluding carboxylic acids is 9. The molecule has 684 valence electrons. The number of esters is 4. The van der Waals surface area contributed by atoms with Crippen molar-refractivity contribution < 1.29 is 186 Å². The fourth-order valence-electron chi connectivity index (χ4n) is 14.9. The molecule has 6 aliphatic rings.